The number of fused-ring (bicyclic) bond motifs is 1. The lowest BCUT2D eigenvalue weighted by atomic mass is 9.88. The average molecular weight is 492 g/mol. The lowest BCUT2D eigenvalue weighted by Crippen LogP contribution is -2.58. The number of carbonyl (C=O) groups is 2. The summed E-state index contributed by atoms with van der Waals surface area (Å²) in [6, 6.07) is 2.20. The Labute approximate surface area is 202 Å². The molecule has 0 bridgehead atoms. The number of hydrogen-bond acceptors (Lipinski definition) is 5. The molecule has 2 amide bonds. The Hall–Kier alpha value is -3.05. The minimum atomic E-state index is -1.16. The van der Waals surface area contributed by atoms with E-state index in [1.165, 1.54) is 4.90 Å². The van der Waals surface area contributed by atoms with Crippen molar-refractivity contribution in [2.24, 2.45) is 7.05 Å². The van der Waals surface area contributed by atoms with E-state index in [-0.39, 0.29) is 24.1 Å². The van der Waals surface area contributed by atoms with Gasteiger partial charge in [-0.1, -0.05) is 0 Å². The number of amides is 2. The lowest BCUT2D eigenvalue weighted by molar-refractivity contribution is -0.103. The number of nitrogens with one attached hydrogen (secondary N) is 1. The quantitative estimate of drug-likeness (QED) is 0.682. The Morgan fingerprint density at radius 1 is 1.26 bits per heavy atom. The second kappa shape index (κ2) is 9.19. The van der Waals surface area contributed by atoms with Gasteiger partial charge in [-0.2, -0.15) is 0 Å². The van der Waals surface area contributed by atoms with Crippen LogP contribution in [0.2, 0.25) is 0 Å². The van der Waals surface area contributed by atoms with Crippen LogP contribution in [0.15, 0.2) is 18.2 Å². The van der Waals surface area contributed by atoms with Crippen LogP contribution in [0.25, 0.3) is 0 Å². The average Bonchev–Trinajstić information content (AvgIpc) is 3.33. The number of imidazole rings is 1. The van der Waals surface area contributed by atoms with E-state index in [0.717, 1.165) is 29.6 Å². The fourth-order valence-corrected chi connectivity index (χ4v) is 5.17. The molecule has 2 aliphatic heterocycles. The van der Waals surface area contributed by atoms with E-state index < -0.39 is 35.4 Å². The first-order valence-electron chi connectivity index (χ1n) is 11.5. The van der Waals surface area contributed by atoms with Crippen LogP contribution < -0.4 is 5.32 Å². The summed E-state index contributed by atoms with van der Waals surface area (Å²) in [5, 5.41) is 12.7. The maximum Gasteiger partial charge on any atom is 0.408 e. The molecule has 0 radical (unpaired) electrons. The molecular formula is C24H31F2N5O4. The van der Waals surface area contributed by atoms with Gasteiger partial charge in [0.1, 0.15) is 17.7 Å². The van der Waals surface area contributed by atoms with Crippen molar-refractivity contribution < 1.29 is 28.2 Å². The van der Waals surface area contributed by atoms with E-state index in [4.69, 9.17) is 4.74 Å². The topological polar surface area (TPSA) is 99.9 Å². The van der Waals surface area contributed by atoms with Crippen molar-refractivity contribution in [1.29, 1.82) is 0 Å². The highest BCUT2D eigenvalue weighted by Gasteiger charge is 2.46. The lowest BCUT2D eigenvalue weighted by Gasteiger charge is -2.48. The minimum Gasteiger partial charge on any atom is -0.465 e. The third-order valence-electron chi connectivity index (χ3n) is 6.81. The molecule has 0 aliphatic carbocycles. The Morgan fingerprint density at radius 2 is 1.97 bits per heavy atom. The molecule has 2 aliphatic rings. The molecule has 2 aromatic rings. The van der Waals surface area contributed by atoms with Crippen LogP contribution in [0.1, 0.15) is 60.9 Å². The summed E-state index contributed by atoms with van der Waals surface area (Å²) in [6.45, 7) is 6.49. The number of carboxylic acid groups (broad SMARTS) is 1. The molecule has 9 nitrogen and oxygen atoms in total. The van der Waals surface area contributed by atoms with Crippen molar-refractivity contribution in [3.05, 3.63) is 52.6 Å². The standard InChI is InChI=1S/C24H31F2N5O4/c1-24(2,3)31(23(33)34)18-9-14(12-35-20(18)15-8-13(25)6-7-16(15)26)30-10-17-19(11-30)29(5)21(28-17)22(32)27-4/h6-8,14,18,20H,9-12H2,1-5H3,(H,27,32)(H,33,34)/t14-,18+,20-/m1/s1. The zero-order valence-corrected chi connectivity index (χ0v) is 20.5. The van der Waals surface area contributed by atoms with Gasteiger partial charge in [-0.15, -0.1) is 0 Å². The summed E-state index contributed by atoms with van der Waals surface area (Å²) in [4.78, 5) is 32.3. The summed E-state index contributed by atoms with van der Waals surface area (Å²) in [5.41, 5.74) is 0.892. The summed E-state index contributed by atoms with van der Waals surface area (Å²) in [7, 11) is 3.34. The number of carbonyl (C=O) groups excluding carboxylic acids is 1. The molecule has 0 spiro atoms. The Balaban J connectivity index is 1.63. The van der Waals surface area contributed by atoms with Gasteiger partial charge in [0.2, 0.25) is 0 Å². The SMILES string of the molecule is CNC(=O)c1nc2c(n1C)CN([C@H]1CO[C@H](c3cc(F)ccc3F)[C@@H](N(C(=O)O)C(C)(C)C)C1)C2. The van der Waals surface area contributed by atoms with Crippen LogP contribution in [0.5, 0.6) is 0 Å². The highest BCUT2D eigenvalue weighted by atomic mass is 19.1. The molecule has 1 saturated heterocycles. The molecule has 3 atom stereocenters. The van der Waals surface area contributed by atoms with Crippen molar-refractivity contribution in [3.8, 4) is 0 Å². The van der Waals surface area contributed by atoms with Gasteiger partial charge in [0.05, 0.1) is 24.0 Å². The van der Waals surface area contributed by atoms with Gasteiger partial charge in [0, 0.05) is 44.3 Å². The molecule has 0 saturated carbocycles. The van der Waals surface area contributed by atoms with Gasteiger partial charge in [-0.3, -0.25) is 14.6 Å². The third-order valence-corrected chi connectivity index (χ3v) is 6.81. The van der Waals surface area contributed by atoms with Crippen LogP contribution in [0, 0.1) is 11.6 Å². The van der Waals surface area contributed by atoms with E-state index in [1.807, 2.05) is 0 Å². The summed E-state index contributed by atoms with van der Waals surface area (Å²) in [6.07, 6.45) is -1.75. The van der Waals surface area contributed by atoms with Crippen molar-refractivity contribution >= 4 is 12.0 Å². The van der Waals surface area contributed by atoms with Crippen LogP contribution in [0.3, 0.4) is 0 Å². The predicted molar refractivity (Wildman–Crippen MR) is 123 cm³/mol. The number of halogens is 2. The van der Waals surface area contributed by atoms with Gasteiger partial charge in [-0.05, 0) is 45.4 Å². The van der Waals surface area contributed by atoms with Gasteiger partial charge < -0.3 is 19.7 Å². The molecule has 2 N–H and O–H groups in total. The fraction of sp³-hybridized carbons (Fsp3) is 0.542. The van der Waals surface area contributed by atoms with Crippen LogP contribution >= 0.6 is 0 Å². The highest BCUT2D eigenvalue weighted by molar-refractivity contribution is 5.90. The van der Waals surface area contributed by atoms with Gasteiger partial charge in [0.25, 0.3) is 5.91 Å². The molecule has 3 heterocycles. The van der Waals surface area contributed by atoms with Gasteiger partial charge in [-0.25, -0.2) is 18.6 Å². The van der Waals surface area contributed by atoms with Crippen LogP contribution in [0.4, 0.5) is 13.6 Å². The number of rotatable bonds is 4. The summed E-state index contributed by atoms with van der Waals surface area (Å²) in [5.74, 6) is -1.19. The number of nitrogens with zero attached hydrogens (tertiary/aromatic N) is 4. The first-order chi connectivity index (χ1) is 16.4. The minimum absolute atomic E-state index is 0.00513. The maximum atomic E-state index is 14.7. The molecule has 4 rings (SSSR count). The second-order valence-electron chi connectivity index (χ2n) is 10.1. The first-order valence-corrected chi connectivity index (χ1v) is 11.5. The molecule has 35 heavy (non-hydrogen) atoms. The van der Waals surface area contributed by atoms with Crippen LogP contribution in [-0.4, -0.2) is 67.7 Å². The zero-order chi connectivity index (χ0) is 25.7. The number of aromatic nitrogens is 2. The predicted octanol–water partition coefficient (Wildman–Crippen LogP) is 3.05. The second-order valence-corrected chi connectivity index (χ2v) is 10.1. The van der Waals surface area contributed by atoms with Crippen LogP contribution in [-0.2, 0) is 24.9 Å². The summed E-state index contributed by atoms with van der Waals surface area (Å²) < 4.78 is 36.6. The number of ether oxygens (including phenoxy) is 1. The molecule has 0 unspecified atom stereocenters. The normalized spacial score (nSPS) is 22.7. The molecule has 11 heteroatoms. The largest absolute Gasteiger partial charge is 0.465 e. The Kier molecular flexibility index (Phi) is 6.58. The molecule has 1 aromatic carbocycles. The van der Waals surface area contributed by atoms with Gasteiger partial charge >= 0.3 is 6.09 Å². The highest BCUT2D eigenvalue weighted by Crippen LogP contribution is 2.39. The smallest absolute Gasteiger partial charge is 0.408 e. The van der Waals surface area contributed by atoms with E-state index in [9.17, 15) is 23.5 Å². The Morgan fingerprint density at radius 3 is 2.57 bits per heavy atom. The maximum absolute atomic E-state index is 14.7. The molecule has 190 valence electrons. The van der Waals surface area contributed by atoms with E-state index in [0.29, 0.717) is 25.3 Å². The monoisotopic (exact) mass is 491 g/mol. The number of hydrogen-bond donors (Lipinski definition) is 2. The van der Waals surface area contributed by atoms with E-state index >= 15 is 0 Å². The molecule has 1 aromatic heterocycles. The Bertz CT molecular complexity index is 1150. The van der Waals surface area contributed by atoms with Crippen molar-refractivity contribution in [2.45, 2.75) is 64.0 Å². The third kappa shape index (κ3) is 4.62. The van der Waals surface area contributed by atoms with Crippen molar-refractivity contribution in [1.82, 2.24) is 24.7 Å². The molecule has 1 fully saturated rings. The van der Waals surface area contributed by atoms with E-state index in [2.05, 4.69) is 15.2 Å². The molecular weight excluding hydrogens is 460 g/mol. The zero-order valence-electron chi connectivity index (χ0n) is 20.5. The summed E-state index contributed by atoms with van der Waals surface area (Å²) >= 11 is 0. The van der Waals surface area contributed by atoms with Crippen molar-refractivity contribution in [2.75, 3.05) is 13.7 Å². The van der Waals surface area contributed by atoms with Gasteiger partial charge in [0.15, 0.2) is 5.82 Å². The van der Waals surface area contributed by atoms with E-state index in [1.54, 1.807) is 39.4 Å². The first kappa shape index (κ1) is 25.1. The van der Waals surface area contributed by atoms with Crippen molar-refractivity contribution in [3.63, 3.8) is 0 Å². The number of benzene rings is 1. The fourth-order valence-electron chi connectivity index (χ4n) is 5.17.